The van der Waals surface area contributed by atoms with Crippen LogP contribution in [-0.4, -0.2) is 25.8 Å². The minimum atomic E-state index is -3.55. The summed E-state index contributed by atoms with van der Waals surface area (Å²) in [5.41, 5.74) is 0.759. The van der Waals surface area contributed by atoms with E-state index in [4.69, 9.17) is 16.9 Å². The van der Waals surface area contributed by atoms with Crippen molar-refractivity contribution in [2.75, 3.05) is 13.1 Å². The van der Waals surface area contributed by atoms with Crippen molar-refractivity contribution in [3.63, 3.8) is 0 Å². The Morgan fingerprint density at radius 2 is 2.16 bits per heavy atom. The second kappa shape index (κ2) is 6.71. The van der Waals surface area contributed by atoms with Gasteiger partial charge in [0.2, 0.25) is 0 Å². The molecule has 0 saturated heterocycles. The summed E-state index contributed by atoms with van der Waals surface area (Å²) in [5.74, 6) is 0.199. The molecule has 0 unspecified atom stereocenters. The average Bonchev–Trinajstić information content (AvgIpc) is 2.65. The van der Waals surface area contributed by atoms with Gasteiger partial charge in [-0.3, -0.25) is 0 Å². The van der Waals surface area contributed by atoms with Gasteiger partial charge in [-0.1, -0.05) is 25.4 Å². The molecular weight excluding hydrogens is 304 g/mol. The molecule has 1 heterocycles. The average molecular weight is 321 g/mol. The largest absolute Gasteiger partial charge is 0.252 e. The van der Waals surface area contributed by atoms with Gasteiger partial charge in [0.1, 0.15) is 4.21 Å². The number of hydrogen-bond donors (Lipinski definition) is 0. The van der Waals surface area contributed by atoms with Crippen molar-refractivity contribution in [3.8, 4) is 6.07 Å². The molecule has 1 aromatic heterocycles. The van der Waals surface area contributed by atoms with Crippen molar-refractivity contribution >= 4 is 33.0 Å². The fourth-order valence-electron chi connectivity index (χ4n) is 1.58. The van der Waals surface area contributed by atoms with Crippen LogP contribution in [0.15, 0.2) is 10.3 Å². The van der Waals surface area contributed by atoms with Crippen molar-refractivity contribution in [1.82, 2.24) is 4.31 Å². The Morgan fingerprint density at radius 1 is 1.53 bits per heavy atom. The quantitative estimate of drug-likeness (QED) is 0.808. The first-order valence-corrected chi connectivity index (χ1v) is 8.55. The number of hydrogen-bond acceptors (Lipinski definition) is 4. The Hall–Kier alpha value is -0.610. The minimum absolute atomic E-state index is 0.185. The van der Waals surface area contributed by atoms with E-state index in [2.05, 4.69) is 0 Å². The van der Waals surface area contributed by atoms with Crippen LogP contribution in [0.2, 0.25) is 4.34 Å². The number of thiophene rings is 1. The maximum Gasteiger partial charge on any atom is 0.252 e. The second-order valence-electron chi connectivity index (χ2n) is 4.69. The molecule has 0 radical (unpaired) electrons. The third-order valence-electron chi connectivity index (χ3n) is 2.47. The van der Waals surface area contributed by atoms with Crippen molar-refractivity contribution in [1.29, 1.82) is 5.26 Å². The highest BCUT2D eigenvalue weighted by Crippen LogP contribution is 2.32. The zero-order chi connectivity index (χ0) is 14.6. The van der Waals surface area contributed by atoms with Crippen LogP contribution in [0.5, 0.6) is 0 Å². The Labute approximate surface area is 123 Å². The fourth-order valence-corrected chi connectivity index (χ4v) is 5.04. The summed E-state index contributed by atoms with van der Waals surface area (Å²) in [6, 6.07) is 3.57. The molecule has 1 aromatic rings. The normalized spacial score (nSPS) is 12.1. The van der Waals surface area contributed by atoms with Crippen molar-refractivity contribution in [2.45, 2.75) is 31.4 Å². The molecule has 7 heteroatoms. The standard InChI is InChI=1S/C12H17ClN2O2S2/c1-9(2)8-15(6-4-5-14)19(16,17)11-7-10(3)12(13)18-11/h7,9H,4,6,8H2,1-3H3. The highest BCUT2D eigenvalue weighted by atomic mass is 35.5. The topological polar surface area (TPSA) is 61.2 Å². The maximum atomic E-state index is 12.5. The van der Waals surface area contributed by atoms with Crippen LogP contribution in [0.3, 0.4) is 0 Å². The highest BCUT2D eigenvalue weighted by Gasteiger charge is 2.27. The molecule has 19 heavy (non-hydrogen) atoms. The van der Waals surface area contributed by atoms with Crippen molar-refractivity contribution in [2.24, 2.45) is 5.92 Å². The SMILES string of the molecule is Cc1cc(S(=O)(=O)N(CCC#N)CC(C)C)sc1Cl. The Bertz CT molecular complexity index is 554. The zero-order valence-electron chi connectivity index (χ0n) is 11.2. The van der Waals surface area contributed by atoms with Crippen LogP contribution in [0, 0.1) is 24.2 Å². The Morgan fingerprint density at radius 3 is 2.58 bits per heavy atom. The summed E-state index contributed by atoms with van der Waals surface area (Å²) in [6.45, 7) is 6.28. The molecular formula is C12H17ClN2O2S2. The van der Waals surface area contributed by atoms with E-state index in [1.165, 1.54) is 4.31 Å². The number of rotatable bonds is 6. The van der Waals surface area contributed by atoms with Crippen LogP contribution < -0.4 is 0 Å². The summed E-state index contributed by atoms with van der Waals surface area (Å²) in [7, 11) is -3.55. The number of nitrogens with zero attached hydrogens (tertiary/aromatic N) is 2. The van der Waals surface area contributed by atoms with Gasteiger partial charge < -0.3 is 0 Å². The van der Waals surface area contributed by atoms with Gasteiger partial charge in [-0.2, -0.15) is 9.57 Å². The van der Waals surface area contributed by atoms with Gasteiger partial charge in [-0.15, -0.1) is 11.3 Å². The van der Waals surface area contributed by atoms with Crippen LogP contribution in [-0.2, 0) is 10.0 Å². The lowest BCUT2D eigenvalue weighted by Crippen LogP contribution is -2.34. The van der Waals surface area contributed by atoms with E-state index < -0.39 is 10.0 Å². The van der Waals surface area contributed by atoms with Gasteiger partial charge in [0.25, 0.3) is 10.0 Å². The molecule has 0 bridgehead atoms. The van der Waals surface area contributed by atoms with Gasteiger partial charge in [-0.05, 0) is 24.5 Å². The monoisotopic (exact) mass is 320 g/mol. The molecule has 0 aliphatic rings. The minimum Gasteiger partial charge on any atom is -0.206 e. The molecule has 106 valence electrons. The maximum absolute atomic E-state index is 12.5. The fraction of sp³-hybridized carbons (Fsp3) is 0.583. The smallest absolute Gasteiger partial charge is 0.206 e. The molecule has 0 amide bonds. The Kier molecular flexibility index (Phi) is 5.81. The lowest BCUT2D eigenvalue weighted by atomic mass is 10.2. The van der Waals surface area contributed by atoms with E-state index in [-0.39, 0.29) is 23.1 Å². The van der Waals surface area contributed by atoms with Gasteiger partial charge in [-0.25, -0.2) is 8.42 Å². The van der Waals surface area contributed by atoms with Gasteiger partial charge in [0.05, 0.1) is 10.4 Å². The predicted octanol–water partition coefficient (Wildman–Crippen LogP) is 3.27. The first-order chi connectivity index (χ1) is 8.78. The van der Waals surface area contributed by atoms with E-state index in [0.717, 1.165) is 16.9 Å². The summed E-state index contributed by atoms with van der Waals surface area (Å²) < 4.78 is 27.1. The molecule has 0 fully saturated rings. The van der Waals surface area contributed by atoms with Crippen LogP contribution in [0.25, 0.3) is 0 Å². The molecule has 4 nitrogen and oxygen atoms in total. The molecule has 0 aliphatic carbocycles. The predicted molar refractivity (Wildman–Crippen MR) is 77.9 cm³/mol. The van der Waals surface area contributed by atoms with Crippen molar-refractivity contribution in [3.05, 3.63) is 16.0 Å². The molecule has 1 rings (SSSR count). The lowest BCUT2D eigenvalue weighted by Gasteiger charge is -2.22. The van der Waals surface area contributed by atoms with E-state index in [1.807, 2.05) is 19.9 Å². The first kappa shape index (κ1) is 16.4. The molecule has 0 spiro atoms. The third-order valence-corrected chi connectivity index (χ3v) is 6.34. The first-order valence-electron chi connectivity index (χ1n) is 5.92. The number of halogens is 1. The summed E-state index contributed by atoms with van der Waals surface area (Å²) >= 11 is 7.00. The van der Waals surface area contributed by atoms with Crippen LogP contribution in [0.1, 0.15) is 25.8 Å². The summed E-state index contributed by atoms with van der Waals surface area (Å²) in [6.07, 6.45) is 0.185. The van der Waals surface area contributed by atoms with Gasteiger partial charge in [0, 0.05) is 19.5 Å². The highest BCUT2D eigenvalue weighted by molar-refractivity contribution is 7.91. The molecule has 0 saturated carbocycles. The second-order valence-corrected chi connectivity index (χ2v) is 8.51. The lowest BCUT2D eigenvalue weighted by molar-refractivity contribution is 0.374. The summed E-state index contributed by atoms with van der Waals surface area (Å²) in [4.78, 5) is 0. The van der Waals surface area contributed by atoms with E-state index in [0.29, 0.717) is 10.9 Å². The van der Waals surface area contributed by atoms with Gasteiger partial charge in [0.15, 0.2) is 0 Å². The van der Waals surface area contributed by atoms with E-state index in [9.17, 15) is 8.42 Å². The summed E-state index contributed by atoms with van der Waals surface area (Å²) in [5, 5.41) is 8.64. The van der Waals surface area contributed by atoms with Gasteiger partial charge >= 0.3 is 0 Å². The molecule has 0 aromatic carbocycles. The molecule has 0 aliphatic heterocycles. The third kappa shape index (κ3) is 4.18. The van der Waals surface area contributed by atoms with Crippen molar-refractivity contribution < 1.29 is 8.42 Å². The Balaban J connectivity index is 3.08. The number of sulfonamides is 1. The molecule has 0 atom stereocenters. The zero-order valence-corrected chi connectivity index (χ0v) is 13.6. The number of aryl methyl sites for hydroxylation is 1. The van der Waals surface area contributed by atoms with Crippen LogP contribution in [0.4, 0.5) is 0 Å². The number of nitriles is 1. The van der Waals surface area contributed by atoms with E-state index in [1.54, 1.807) is 13.0 Å². The van der Waals surface area contributed by atoms with Crippen LogP contribution >= 0.6 is 22.9 Å². The van der Waals surface area contributed by atoms with E-state index >= 15 is 0 Å². The molecule has 0 N–H and O–H groups in total.